The van der Waals surface area contributed by atoms with Gasteiger partial charge in [0, 0.05) is 17.5 Å². The molecule has 0 spiro atoms. The van der Waals surface area contributed by atoms with Crippen LogP contribution < -0.4 is 10.2 Å². The van der Waals surface area contributed by atoms with Crippen molar-refractivity contribution in [3.05, 3.63) is 59.7 Å². The van der Waals surface area contributed by atoms with Crippen LogP contribution in [-0.4, -0.2) is 41.7 Å². The smallest absolute Gasteiger partial charge is 0.323 e. The maximum atomic E-state index is 12.9. The Morgan fingerprint density at radius 1 is 1.19 bits per heavy atom. The molecule has 3 rings (SSSR count). The van der Waals surface area contributed by atoms with E-state index >= 15 is 0 Å². The number of fused-ring (bicyclic) bond motifs is 1. The largest absolute Gasteiger partial charge is 0.480 e. The second kappa shape index (κ2) is 7.61. The van der Waals surface area contributed by atoms with Crippen LogP contribution in [0.25, 0.3) is 0 Å². The minimum atomic E-state index is -1.10. The molecule has 0 saturated heterocycles. The zero-order chi connectivity index (χ0) is 18.7. The summed E-state index contributed by atoms with van der Waals surface area (Å²) in [5, 5.41) is 11.4. The predicted molar refractivity (Wildman–Crippen MR) is 99.6 cm³/mol. The number of carbonyl (C=O) groups excluding carboxylic acids is 2. The molecule has 26 heavy (non-hydrogen) atoms. The molecule has 0 aliphatic carbocycles. The van der Waals surface area contributed by atoms with E-state index in [1.54, 1.807) is 18.2 Å². The number of nitrogens with one attached hydrogen (secondary N) is 1. The first-order chi connectivity index (χ1) is 12.5. The SMILES string of the molecule is CNC(=O)c1ccc2c(c1)N(CC(=O)O)C(=O)C(Cc1ccccc1)S2. The van der Waals surface area contributed by atoms with Gasteiger partial charge in [0.2, 0.25) is 5.91 Å². The Morgan fingerprint density at radius 2 is 1.92 bits per heavy atom. The van der Waals surface area contributed by atoms with Crippen molar-refractivity contribution in [2.75, 3.05) is 18.5 Å². The Bertz CT molecular complexity index is 854. The first-order valence-electron chi connectivity index (χ1n) is 8.09. The van der Waals surface area contributed by atoms with Crippen LogP contribution in [0.2, 0.25) is 0 Å². The zero-order valence-corrected chi connectivity index (χ0v) is 15.0. The molecule has 1 aliphatic heterocycles. The summed E-state index contributed by atoms with van der Waals surface area (Å²) < 4.78 is 0. The maximum absolute atomic E-state index is 12.9. The highest BCUT2D eigenvalue weighted by Crippen LogP contribution is 2.40. The van der Waals surface area contributed by atoms with Gasteiger partial charge < -0.3 is 10.4 Å². The Labute approximate surface area is 155 Å². The molecule has 0 radical (unpaired) electrons. The normalized spacial score (nSPS) is 16.1. The molecule has 1 atom stereocenters. The molecule has 1 unspecified atom stereocenters. The van der Waals surface area contributed by atoms with Crippen molar-refractivity contribution >= 4 is 35.2 Å². The number of amides is 2. The monoisotopic (exact) mass is 370 g/mol. The molecule has 134 valence electrons. The molecule has 0 saturated carbocycles. The standard InChI is InChI=1S/C19H18N2O4S/c1-20-18(24)13-7-8-15-14(10-13)21(11-17(22)23)19(25)16(26-15)9-12-5-3-2-4-6-12/h2-8,10,16H,9,11H2,1H3,(H,20,24)(H,22,23). The van der Waals surface area contributed by atoms with Crippen molar-refractivity contribution in [2.24, 2.45) is 0 Å². The van der Waals surface area contributed by atoms with Crippen LogP contribution in [0.15, 0.2) is 53.4 Å². The number of carbonyl (C=O) groups is 3. The van der Waals surface area contributed by atoms with Gasteiger partial charge in [-0.2, -0.15) is 0 Å². The summed E-state index contributed by atoms with van der Waals surface area (Å²) in [6.45, 7) is -0.436. The third-order valence-electron chi connectivity index (χ3n) is 4.11. The highest BCUT2D eigenvalue weighted by Gasteiger charge is 2.35. The van der Waals surface area contributed by atoms with Crippen molar-refractivity contribution in [2.45, 2.75) is 16.6 Å². The highest BCUT2D eigenvalue weighted by molar-refractivity contribution is 8.01. The summed E-state index contributed by atoms with van der Waals surface area (Å²) in [5.74, 6) is -1.64. The predicted octanol–water partition coefficient (Wildman–Crippen LogP) is 2.18. The fourth-order valence-electron chi connectivity index (χ4n) is 2.87. The van der Waals surface area contributed by atoms with Gasteiger partial charge >= 0.3 is 5.97 Å². The highest BCUT2D eigenvalue weighted by atomic mass is 32.2. The maximum Gasteiger partial charge on any atom is 0.323 e. The molecule has 7 heteroatoms. The summed E-state index contributed by atoms with van der Waals surface area (Å²) in [7, 11) is 1.52. The average molecular weight is 370 g/mol. The zero-order valence-electron chi connectivity index (χ0n) is 14.1. The van der Waals surface area contributed by atoms with Gasteiger partial charge in [0.05, 0.1) is 10.9 Å². The number of hydrogen-bond acceptors (Lipinski definition) is 4. The van der Waals surface area contributed by atoms with Crippen LogP contribution in [-0.2, 0) is 16.0 Å². The molecule has 2 N–H and O–H groups in total. The second-order valence-electron chi connectivity index (χ2n) is 5.88. The number of aliphatic carboxylic acids is 1. The van der Waals surface area contributed by atoms with Gasteiger partial charge in [0.1, 0.15) is 6.54 Å². The fourth-order valence-corrected chi connectivity index (χ4v) is 4.11. The molecule has 0 fully saturated rings. The van der Waals surface area contributed by atoms with E-state index in [1.165, 1.54) is 23.7 Å². The van der Waals surface area contributed by atoms with Gasteiger partial charge in [-0.3, -0.25) is 19.3 Å². The molecule has 6 nitrogen and oxygen atoms in total. The Kier molecular flexibility index (Phi) is 5.27. The van der Waals surface area contributed by atoms with Crippen LogP contribution in [0.1, 0.15) is 15.9 Å². The lowest BCUT2D eigenvalue weighted by Gasteiger charge is -2.33. The molecule has 2 amide bonds. The summed E-state index contributed by atoms with van der Waals surface area (Å²) in [6, 6.07) is 14.6. The summed E-state index contributed by atoms with van der Waals surface area (Å²) in [5.41, 5.74) is 1.86. The lowest BCUT2D eigenvalue weighted by molar-refractivity contribution is -0.136. The Morgan fingerprint density at radius 3 is 2.58 bits per heavy atom. The van der Waals surface area contributed by atoms with Crippen molar-refractivity contribution in [3.8, 4) is 0 Å². The van der Waals surface area contributed by atoms with E-state index in [0.717, 1.165) is 10.5 Å². The van der Waals surface area contributed by atoms with E-state index in [-0.39, 0.29) is 11.8 Å². The number of nitrogens with zero attached hydrogens (tertiary/aromatic N) is 1. The molecule has 2 aromatic rings. The van der Waals surface area contributed by atoms with E-state index in [2.05, 4.69) is 5.32 Å². The number of rotatable bonds is 5. The first kappa shape index (κ1) is 18.0. The Hall–Kier alpha value is -2.80. The van der Waals surface area contributed by atoms with E-state index in [1.807, 2.05) is 30.3 Å². The van der Waals surface area contributed by atoms with Crippen LogP contribution in [0.3, 0.4) is 0 Å². The van der Waals surface area contributed by atoms with Gasteiger partial charge in [-0.05, 0) is 30.2 Å². The van der Waals surface area contributed by atoms with Crippen molar-refractivity contribution in [1.29, 1.82) is 0 Å². The summed E-state index contributed by atoms with van der Waals surface area (Å²) >= 11 is 1.40. The van der Waals surface area contributed by atoms with Gasteiger partial charge in [-0.25, -0.2) is 0 Å². The van der Waals surface area contributed by atoms with Crippen LogP contribution in [0.4, 0.5) is 5.69 Å². The van der Waals surface area contributed by atoms with Crippen LogP contribution >= 0.6 is 11.8 Å². The number of hydrogen-bond donors (Lipinski definition) is 2. The van der Waals surface area contributed by atoms with Gasteiger partial charge in [0.15, 0.2) is 0 Å². The number of carboxylic acid groups (broad SMARTS) is 1. The van der Waals surface area contributed by atoms with Crippen molar-refractivity contribution in [3.63, 3.8) is 0 Å². The quantitative estimate of drug-likeness (QED) is 0.842. The summed E-state index contributed by atoms with van der Waals surface area (Å²) in [6.07, 6.45) is 0.511. The van der Waals surface area contributed by atoms with E-state index < -0.39 is 17.8 Å². The Balaban J connectivity index is 1.96. The fraction of sp³-hybridized carbons (Fsp3) is 0.211. The van der Waals surface area contributed by atoms with Gasteiger partial charge in [0.25, 0.3) is 5.91 Å². The number of thioether (sulfide) groups is 1. The van der Waals surface area contributed by atoms with E-state index in [4.69, 9.17) is 0 Å². The topological polar surface area (TPSA) is 86.7 Å². The van der Waals surface area contributed by atoms with Crippen molar-refractivity contribution < 1.29 is 19.5 Å². The molecule has 1 aliphatic rings. The molecule has 2 aromatic carbocycles. The van der Waals surface area contributed by atoms with E-state index in [9.17, 15) is 19.5 Å². The molecule has 0 bridgehead atoms. The number of benzene rings is 2. The summed E-state index contributed by atoms with van der Waals surface area (Å²) in [4.78, 5) is 38.1. The molecular weight excluding hydrogens is 352 g/mol. The third kappa shape index (κ3) is 3.72. The third-order valence-corrected chi connectivity index (χ3v) is 5.36. The molecular formula is C19H18N2O4S. The lowest BCUT2D eigenvalue weighted by atomic mass is 10.1. The average Bonchev–Trinajstić information content (AvgIpc) is 2.64. The van der Waals surface area contributed by atoms with Crippen LogP contribution in [0, 0.1) is 0 Å². The van der Waals surface area contributed by atoms with E-state index in [0.29, 0.717) is 17.7 Å². The minimum absolute atomic E-state index is 0.261. The first-order valence-corrected chi connectivity index (χ1v) is 8.97. The van der Waals surface area contributed by atoms with Crippen molar-refractivity contribution in [1.82, 2.24) is 5.32 Å². The molecule has 0 aromatic heterocycles. The minimum Gasteiger partial charge on any atom is -0.480 e. The molecule has 1 heterocycles. The second-order valence-corrected chi connectivity index (χ2v) is 7.12. The number of carboxylic acids is 1. The van der Waals surface area contributed by atoms with Crippen LogP contribution in [0.5, 0.6) is 0 Å². The van der Waals surface area contributed by atoms with Gasteiger partial charge in [-0.15, -0.1) is 11.8 Å². The lowest BCUT2D eigenvalue weighted by Crippen LogP contribution is -2.44. The van der Waals surface area contributed by atoms with Gasteiger partial charge in [-0.1, -0.05) is 30.3 Å². The number of anilines is 1.